The largest absolute Gasteiger partial charge is 0.493 e. The number of aliphatic hydroxyl groups is 1. The number of aliphatic hydroxyl groups excluding tert-OH is 1. The van der Waals surface area contributed by atoms with E-state index >= 15 is 0 Å². The standard InChI is InChI=1S/C12H15ClO5/c1-16-11-7-9(8-15)6-10(13)12(11)18-5-4-17-3-2-14/h6-8,14H,2-5H2,1H3. The fourth-order valence-electron chi connectivity index (χ4n) is 1.32. The first kappa shape index (κ1) is 14.8. The third-order valence-electron chi connectivity index (χ3n) is 2.10. The van der Waals surface area contributed by atoms with Crippen LogP contribution in [0.4, 0.5) is 0 Å². The number of carbonyl (C=O) groups excluding carboxylic acids is 1. The first-order chi connectivity index (χ1) is 8.72. The summed E-state index contributed by atoms with van der Waals surface area (Å²) in [5, 5.41) is 8.83. The van der Waals surface area contributed by atoms with Crippen LogP contribution in [0.3, 0.4) is 0 Å². The highest BCUT2D eigenvalue weighted by atomic mass is 35.5. The minimum absolute atomic E-state index is 0.0297. The Morgan fingerprint density at radius 1 is 1.33 bits per heavy atom. The molecule has 100 valence electrons. The van der Waals surface area contributed by atoms with E-state index in [4.69, 9.17) is 30.9 Å². The lowest BCUT2D eigenvalue weighted by Crippen LogP contribution is -2.10. The van der Waals surface area contributed by atoms with Gasteiger partial charge < -0.3 is 19.3 Å². The lowest BCUT2D eigenvalue weighted by molar-refractivity contribution is 0.0699. The predicted molar refractivity (Wildman–Crippen MR) is 66.8 cm³/mol. The molecule has 0 saturated carbocycles. The zero-order valence-electron chi connectivity index (χ0n) is 10.0. The highest BCUT2D eigenvalue weighted by Gasteiger charge is 2.11. The van der Waals surface area contributed by atoms with Gasteiger partial charge in [0, 0.05) is 5.56 Å². The average molecular weight is 275 g/mol. The van der Waals surface area contributed by atoms with Crippen molar-refractivity contribution < 1.29 is 24.1 Å². The Hall–Kier alpha value is -1.30. The third-order valence-corrected chi connectivity index (χ3v) is 2.38. The summed E-state index contributed by atoms with van der Waals surface area (Å²) in [5.41, 5.74) is 0.417. The van der Waals surface area contributed by atoms with Gasteiger partial charge >= 0.3 is 0 Å². The molecule has 0 bridgehead atoms. The first-order valence-corrected chi connectivity index (χ1v) is 5.74. The minimum atomic E-state index is -0.0297. The number of aldehydes is 1. The second kappa shape index (κ2) is 7.92. The van der Waals surface area contributed by atoms with Crippen molar-refractivity contribution in [1.82, 2.24) is 0 Å². The van der Waals surface area contributed by atoms with Crippen molar-refractivity contribution in [2.45, 2.75) is 0 Å². The molecule has 18 heavy (non-hydrogen) atoms. The van der Waals surface area contributed by atoms with Gasteiger partial charge in [-0.25, -0.2) is 0 Å². The molecule has 0 aromatic heterocycles. The highest BCUT2D eigenvalue weighted by Crippen LogP contribution is 2.35. The van der Waals surface area contributed by atoms with E-state index in [0.717, 1.165) is 0 Å². The van der Waals surface area contributed by atoms with Crippen molar-refractivity contribution in [1.29, 1.82) is 0 Å². The molecule has 5 nitrogen and oxygen atoms in total. The van der Waals surface area contributed by atoms with Gasteiger partial charge in [-0.15, -0.1) is 0 Å². The van der Waals surface area contributed by atoms with Crippen molar-refractivity contribution in [2.24, 2.45) is 0 Å². The number of benzene rings is 1. The van der Waals surface area contributed by atoms with E-state index < -0.39 is 0 Å². The lowest BCUT2D eigenvalue weighted by Gasteiger charge is -2.12. The topological polar surface area (TPSA) is 65.0 Å². The van der Waals surface area contributed by atoms with Crippen LogP contribution in [0.15, 0.2) is 12.1 Å². The smallest absolute Gasteiger partial charge is 0.179 e. The molecule has 0 saturated heterocycles. The molecule has 0 amide bonds. The van der Waals surface area contributed by atoms with Crippen molar-refractivity contribution in [3.63, 3.8) is 0 Å². The van der Waals surface area contributed by atoms with E-state index in [2.05, 4.69) is 0 Å². The molecular formula is C12H15ClO5. The molecule has 0 aliphatic rings. The second-order valence-corrected chi connectivity index (χ2v) is 3.74. The van der Waals surface area contributed by atoms with Crippen molar-refractivity contribution in [3.05, 3.63) is 22.7 Å². The Morgan fingerprint density at radius 2 is 2.11 bits per heavy atom. The van der Waals surface area contributed by atoms with E-state index in [1.165, 1.54) is 13.2 Å². The molecule has 6 heteroatoms. The van der Waals surface area contributed by atoms with E-state index in [-0.39, 0.29) is 19.8 Å². The molecule has 0 spiro atoms. The summed E-state index contributed by atoms with van der Waals surface area (Å²) in [6, 6.07) is 3.05. The van der Waals surface area contributed by atoms with E-state index in [1.54, 1.807) is 6.07 Å². The summed E-state index contributed by atoms with van der Waals surface area (Å²) in [7, 11) is 1.47. The van der Waals surface area contributed by atoms with Crippen LogP contribution in [0.25, 0.3) is 0 Å². The number of hydrogen-bond acceptors (Lipinski definition) is 5. The van der Waals surface area contributed by atoms with Gasteiger partial charge in [0.15, 0.2) is 11.5 Å². The molecule has 0 aliphatic heterocycles. The number of ether oxygens (including phenoxy) is 3. The molecule has 0 fully saturated rings. The Balaban J connectivity index is 2.66. The van der Waals surface area contributed by atoms with Crippen LogP contribution in [0, 0.1) is 0 Å². The average Bonchev–Trinajstić information content (AvgIpc) is 2.39. The van der Waals surface area contributed by atoms with Crippen LogP contribution in [-0.4, -0.2) is 44.9 Å². The van der Waals surface area contributed by atoms with Gasteiger partial charge in [0.2, 0.25) is 0 Å². The maximum Gasteiger partial charge on any atom is 0.179 e. The Morgan fingerprint density at radius 3 is 2.72 bits per heavy atom. The van der Waals surface area contributed by atoms with E-state index in [0.29, 0.717) is 35.0 Å². The highest BCUT2D eigenvalue weighted by molar-refractivity contribution is 6.32. The molecular weight excluding hydrogens is 260 g/mol. The Kier molecular flexibility index (Phi) is 6.49. The molecule has 1 N–H and O–H groups in total. The fraction of sp³-hybridized carbons (Fsp3) is 0.417. The number of hydrogen-bond donors (Lipinski definition) is 1. The molecule has 0 atom stereocenters. The molecule has 0 aliphatic carbocycles. The number of rotatable bonds is 8. The summed E-state index contributed by atoms with van der Waals surface area (Å²) >= 11 is 5.99. The molecule has 1 aromatic rings. The van der Waals surface area contributed by atoms with E-state index in [1.807, 2.05) is 0 Å². The summed E-state index contributed by atoms with van der Waals surface area (Å²) in [6.07, 6.45) is 0.683. The number of halogens is 1. The summed E-state index contributed by atoms with van der Waals surface area (Å²) in [4.78, 5) is 10.7. The summed E-state index contributed by atoms with van der Waals surface area (Å²) in [6.45, 7) is 0.836. The van der Waals surface area contributed by atoms with Crippen LogP contribution in [0.2, 0.25) is 5.02 Å². The zero-order chi connectivity index (χ0) is 13.4. The van der Waals surface area contributed by atoms with Gasteiger partial charge in [0.05, 0.1) is 32.0 Å². The van der Waals surface area contributed by atoms with Crippen LogP contribution in [0.1, 0.15) is 10.4 Å². The van der Waals surface area contributed by atoms with E-state index in [9.17, 15) is 4.79 Å². The second-order valence-electron chi connectivity index (χ2n) is 3.34. The normalized spacial score (nSPS) is 10.2. The Labute approximate surface area is 110 Å². The maximum absolute atomic E-state index is 10.7. The summed E-state index contributed by atoms with van der Waals surface area (Å²) < 4.78 is 15.6. The van der Waals surface area contributed by atoms with Gasteiger partial charge in [0.1, 0.15) is 12.9 Å². The van der Waals surface area contributed by atoms with Crippen molar-refractivity contribution in [2.75, 3.05) is 33.5 Å². The minimum Gasteiger partial charge on any atom is -0.493 e. The summed E-state index contributed by atoms with van der Waals surface area (Å²) in [5.74, 6) is 0.768. The third kappa shape index (κ3) is 4.18. The van der Waals surface area contributed by atoms with Gasteiger partial charge in [-0.05, 0) is 12.1 Å². The van der Waals surface area contributed by atoms with Crippen molar-refractivity contribution >= 4 is 17.9 Å². The predicted octanol–water partition coefficient (Wildman–Crippen LogP) is 1.55. The molecule has 0 heterocycles. The van der Waals surface area contributed by atoms with Crippen LogP contribution in [-0.2, 0) is 4.74 Å². The van der Waals surface area contributed by atoms with Crippen molar-refractivity contribution in [3.8, 4) is 11.5 Å². The first-order valence-electron chi connectivity index (χ1n) is 5.37. The number of methoxy groups -OCH3 is 1. The molecule has 1 aromatic carbocycles. The lowest BCUT2D eigenvalue weighted by atomic mass is 10.2. The maximum atomic E-state index is 10.7. The monoisotopic (exact) mass is 274 g/mol. The van der Waals surface area contributed by atoms with Crippen LogP contribution < -0.4 is 9.47 Å². The van der Waals surface area contributed by atoms with Gasteiger partial charge in [-0.3, -0.25) is 4.79 Å². The molecule has 0 radical (unpaired) electrons. The SMILES string of the molecule is COc1cc(C=O)cc(Cl)c1OCCOCCO. The number of carbonyl (C=O) groups is 1. The Bertz CT molecular complexity index is 394. The zero-order valence-corrected chi connectivity index (χ0v) is 10.8. The molecule has 0 unspecified atom stereocenters. The van der Waals surface area contributed by atoms with Crippen LogP contribution in [0.5, 0.6) is 11.5 Å². The van der Waals surface area contributed by atoms with Gasteiger partial charge in [-0.2, -0.15) is 0 Å². The van der Waals surface area contributed by atoms with Gasteiger partial charge in [-0.1, -0.05) is 11.6 Å². The van der Waals surface area contributed by atoms with Gasteiger partial charge in [0.25, 0.3) is 0 Å². The fourth-order valence-corrected chi connectivity index (χ4v) is 1.59. The van der Waals surface area contributed by atoms with Crippen LogP contribution >= 0.6 is 11.6 Å². The molecule has 1 rings (SSSR count). The quantitative estimate of drug-likeness (QED) is 0.575.